The van der Waals surface area contributed by atoms with Crippen LogP contribution >= 0.6 is 0 Å². The third kappa shape index (κ3) is 4.39. The van der Waals surface area contributed by atoms with E-state index in [0.29, 0.717) is 6.54 Å². The predicted octanol–water partition coefficient (Wildman–Crippen LogP) is 2.93. The fourth-order valence-corrected chi connectivity index (χ4v) is 2.71. The van der Waals surface area contributed by atoms with Gasteiger partial charge in [0.2, 0.25) is 5.91 Å². The van der Waals surface area contributed by atoms with Gasteiger partial charge in [0.05, 0.1) is 0 Å². The summed E-state index contributed by atoms with van der Waals surface area (Å²) in [6.07, 6.45) is 1.84. The Morgan fingerprint density at radius 1 is 1.22 bits per heavy atom. The van der Waals surface area contributed by atoms with Gasteiger partial charge in [-0.15, -0.1) is 0 Å². The maximum Gasteiger partial charge on any atom is 0.242 e. The van der Waals surface area contributed by atoms with E-state index in [-0.39, 0.29) is 11.9 Å². The lowest BCUT2D eigenvalue weighted by Gasteiger charge is -2.24. The highest BCUT2D eigenvalue weighted by molar-refractivity contribution is 5.83. The Balaban J connectivity index is 2.13. The van der Waals surface area contributed by atoms with Crippen molar-refractivity contribution in [1.82, 2.24) is 15.2 Å². The van der Waals surface area contributed by atoms with Gasteiger partial charge in [-0.25, -0.2) is 0 Å². The van der Waals surface area contributed by atoms with Crippen molar-refractivity contribution >= 4 is 5.91 Å². The second-order valence-electron chi connectivity index (χ2n) is 6.25. The zero-order valence-corrected chi connectivity index (χ0v) is 14.6. The summed E-state index contributed by atoms with van der Waals surface area (Å²) in [6.45, 7) is 6.54. The molecule has 0 unspecified atom stereocenters. The monoisotopic (exact) mass is 311 g/mol. The molecule has 1 aromatic heterocycles. The largest absolute Gasteiger partial charge is 0.350 e. The highest BCUT2D eigenvalue weighted by Crippen LogP contribution is 2.20. The van der Waals surface area contributed by atoms with Crippen molar-refractivity contribution in [3.05, 3.63) is 64.5 Å². The molecule has 0 saturated heterocycles. The maximum absolute atomic E-state index is 12.7. The van der Waals surface area contributed by atoms with Crippen LogP contribution in [0.25, 0.3) is 0 Å². The molecule has 4 nitrogen and oxygen atoms in total. The van der Waals surface area contributed by atoms with Gasteiger partial charge in [0.25, 0.3) is 0 Å². The molecule has 0 spiro atoms. The molecule has 0 bridgehead atoms. The summed E-state index contributed by atoms with van der Waals surface area (Å²) < 4.78 is 0. The van der Waals surface area contributed by atoms with E-state index in [0.717, 1.165) is 27.9 Å². The lowest BCUT2D eigenvalue weighted by Crippen LogP contribution is -2.36. The number of hydrogen-bond donors (Lipinski definition) is 1. The minimum Gasteiger partial charge on any atom is -0.350 e. The minimum absolute atomic E-state index is 0.000532. The molecule has 1 N–H and O–H groups in total. The van der Waals surface area contributed by atoms with Gasteiger partial charge in [-0.05, 0) is 57.6 Å². The average molecular weight is 311 g/mol. The zero-order valence-electron chi connectivity index (χ0n) is 14.6. The number of carbonyl (C=O) groups is 1. The van der Waals surface area contributed by atoms with E-state index in [4.69, 9.17) is 0 Å². The van der Waals surface area contributed by atoms with E-state index in [1.54, 1.807) is 0 Å². The van der Waals surface area contributed by atoms with E-state index in [9.17, 15) is 4.79 Å². The van der Waals surface area contributed by atoms with Crippen LogP contribution in [0.15, 0.2) is 36.5 Å². The van der Waals surface area contributed by atoms with Crippen molar-refractivity contribution in [2.24, 2.45) is 0 Å². The van der Waals surface area contributed by atoms with Crippen LogP contribution in [0.4, 0.5) is 0 Å². The lowest BCUT2D eigenvalue weighted by atomic mass is 10.0. The number of aryl methyl sites for hydroxylation is 3. The molecule has 0 aliphatic rings. The summed E-state index contributed by atoms with van der Waals surface area (Å²) in [5.74, 6) is 0.000532. The van der Waals surface area contributed by atoms with E-state index in [1.807, 2.05) is 70.2 Å². The van der Waals surface area contributed by atoms with Gasteiger partial charge in [0.1, 0.15) is 6.04 Å². The third-order valence-electron chi connectivity index (χ3n) is 3.93. The molecule has 0 saturated carbocycles. The first-order chi connectivity index (χ1) is 10.9. The number of likely N-dealkylation sites (N-methyl/N-ethyl adjacent to an activating group) is 1. The number of rotatable bonds is 5. The Labute approximate surface area is 138 Å². The number of amides is 1. The van der Waals surface area contributed by atoms with Crippen LogP contribution in [0.2, 0.25) is 0 Å². The number of aromatic nitrogens is 1. The highest BCUT2D eigenvalue weighted by Gasteiger charge is 2.22. The zero-order chi connectivity index (χ0) is 17.0. The summed E-state index contributed by atoms with van der Waals surface area (Å²) in [5, 5.41) is 3.04. The van der Waals surface area contributed by atoms with Gasteiger partial charge in [0, 0.05) is 18.4 Å². The van der Waals surface area contributed by atoms with Crippen molar-refractivity contribution < 1.29 is 4.79 Å². The van der Waals surface area contributed by atoms with Crippen LogP contribution in [-0.4, -0.2) is 29.9 Å². The number of nitrogens with one attached hydrogen (secondary N) is 1. The van der Waals surface area contributed by atoms with Gasteiger partial charge < -0.3 is 5.32 Å². The fourth-order valence-electron chi connectivity index (χ4n) is 2.71. The molecule has 23 heavy (non-hydrogen) atoms. The lowest BCUT2D eigenvalue weighted by molar-refractivity contribution is -0.125. The number of hydrogen-bond acceptors (Lipinski definition) is 3. The molecule has 122 valence electrons. The van der Waals surface area contributed by atoms with Crippen molar-refractivity contribution in [2.45, 2.75) is 33.4 Å². The van der Waals surface area contributed by atoms with Gasteiger partial charge >= 0.3 is 0 Å². The third-order valence-corrected chi connectivity index (χ3v) is 3.93. The molecule has 4 heteroatoms. The highest BCUT2D eigenvalue weighted by atomic mass is 16.2. The molecule has 0 radical (unpaired) electrons. The number of carbonyl (C=O) groups excluding carboxylic acids is 1. The Hall–Kier alpha value is -2.20. The normalized spacial score (nSPS) is 12.3. The first-order valence-electron chi connectivity index (χ1n) is 7.81. The Bertz CT molecular complexity index is 695. The summed E-state index contributed by atoms with van der Waals surface area (Å²) in [7, 11) is 3.84. The summed E-state index contributed by atoms with van der Waals surface area (Å²) >= 11 is 0. The van der Waals surface area contributed by atoms with Gasteiger partial charge in [0.15, 0.2) is 0 Å². The molecule has 1 heterocycles. The van der Waals surface area contributed by atoms with E-state index < -0.39 is 0 Å². The molecule has 2 aromatic rings. The second kappa shape index (κ2) is 7.38. The van der Waals surface area contributed by atoms with Crippen molar-refractivity contribution in [2.75, 3.05) is 14.1 Å². The van der Waals surface area contributed by atoms with E-state index in [1.165, 1.54) is 0 Å². The van der Waals surface area contributed by atoms with Crippen LogP contribution in [0.5, 0.6) is 0 Å². The van der Waals surface area contributed by atoms with Crippen LogP contribution in [0, 0.1) is 20.8 Å². The Kier molecular flexibility index (Phi) is 5.50. The van der Waals surface area contributed by atoms with Crippen molar-refractivity contribution in [3.8, 4) is 0 Å². The van der Waals surface area contributed by atoms with Crippen LogP contribution in [0.1, 0.15) is 34.0 Å². The molecule has 0 aliphatic heterocycles. The van der Waals surface area contributed by atoms with Crippen molar-refractivity contribution in [1.29, 1.82) is 0 Å². The summed E-state index contributed by atoms with van der Waals surface area (Å²) in [4.78, 5) is 18.9. The molecule has 0 fully saturated rings. The van der Waals surface area contributed by atoms with Crippen molar-refractivity contribution in [3.63, 3.8) is 0 Å². The van der Waals surface area contributed by atoms with Crippen LogP contribution in [-0.2, 0) is 11.3 Å². The SMILES string of the molecule is Cc1cccc([C@H](C(=O)NCc2cnc(C)cc2C)N(C)C)c1. The van der Waals surface area contributed by atoms with Gasteiger partial charge in [-0.1, -0.05) is 29.8 Å². The fraction of sp³-hybridized carbons (Fsp3) is 0.368. The Morgan fingerprint density at radius 3 is 2.57 bits per heavy atom. The first-order valence-corrected chi connectivity index (χ1v) is 7.81. The number of benzene rings is 1. The molecular formula is C19H25N3O. The molecule has 1 aromatic carbocycles. The van der Waals surface area contributed by atoms with Crippen LogP contribution in [0.3, 0.4) is 0 Å². The smallest absolute Gasteiger partial charge is 0.242 e. The molecule has 2 rings (SSSR count). The standard InChI is InChI=1S/C19H25N3O/c1-13-7-6-8-16(9-13)18(22(4)5)19(23)21-12-17-11-20-15(3)10-14(17)2/h6-11,18H,12H2,1-5H3,(H,21,23)/t18-/m1/s1. The van der Waals surface area contributed by atoms with Gasteiger partial charge in [-0.2, -0.15) is 0 Å². The number of nitrogens with zero attached hydrogens (tertiary/aromatic N) is 2. The second-order valence-corrected chi connectivity index (χ2v) is 6.25. The predicted molar refractivity (Wildman–Crippen MR) is 93.2 cm³/mol. The quantitative estimate of drug-likeness (QED) is 0.923. The Morgan fingerprint density at radius 2 is 1.96 bits per heavy atom. The first kappa shape index (κ1) is 17.2. The topological polar surface area (TPSA) is 45.2 Å². The molecule has 1 atom stereocenters. The van der Waals surface area contributed by atoms with E-state index in [2.05, 4.69) is 16.4 Å². The molecular weight excluding hydrogens is 286 g/mol. The van der Waals surface area contributed by atoms with E-state index >= 15 is 0 Å². The molecule has 0 aliphatic carbocycles. The molecule has 1 amide bonds. The maximum atomic E-state index is 12.7. The van der Waals surface area contributed by atoms with Crippen LogP contribution < -0.4 is 5.32 Å². The number of pyridine rings is 1. The summed E-state index contributed by atoms with van der Waals surface area (Å²) in [6, 6.07) is 9.82. The average Bonchev–Trinajstić information content (AvgIpc) is 2.46. The summed E-state index contributed by atoms with van der Waals surface area (Å²) in [5.41, 5.74) is 5.34. The van der Waals surface area contributed by atoms with Gasteiger partial charge in [-0.3, -0.25) is 14.7 Å². The minimum atomic E-state index is -0.298.